The number of amides is 2. The van der Waals surface area contributed by atoms with Crippen LogP contribution in [0.3, 0.4) is 0 Å². The fraction of sp³-hybridized carbons (Fsp3) is 0.312. The summed E-state index contributed by atoms with van der Waals surface area (Å²) < 4.78 is 51.5. The second-order valence-corrected chi connectivity index (χ2v) is 11.3. The summed E-state index contributed by atoms with van der Waals surface area (Å²) in [6, 6.07) is 17.8. The highest BCUT2D eigenvalue weighted by Gasteiger charge is 2.45. The molecule has 2 aliphatic rings. The molecule has 0 N–H and O–H groups in total. The molecule has 5 rings (SSSR count). The number of rotatable bonds is 7. The molecule has 0 aromatic heterocycles. The van der Waals surface area contributed by atoms with Crippen LogP contribution in [0.15, 0.2) is 73.3 Å². The van der Waals surface area contributed by atoms with Crippen LogP contribution in [0, 0.1) is 5.92 Å². The first kappa shape index (κ1) is 30.8. The number of likely N-dealkylation sites (tertiary alicyclic amines) is 1. The number of hydrogen-bond acceptors (Lipinski definition) is 4. The molecule has 1 heterocycles. The van der Waals surface area contributed by atoms with Crippen molar-refractivity contribution in [1.82, 2.24) is 9.80 Å². The molecular formula is C32H29Cl2F3N2O4. The summed E-state index contributed by atoms with van der Waals surface area (Å²) in [6.45, 7) is 3.57. The molecule has 0 saturated carbocycles. The topological polar surface area (TPSA) is 59.1 Å². The average Bonchev–Trinajstić information content (AvgIpc) is 3.31. The molecule has 6 nitrogen and oxygen atoms in total. The van der Waals surface area contributed by atoms with Crippen LogP contribution in [0.25, 0.3) is 11.1 Å². The molecular weight excluding hydrogens is 604 g/mol. The molecule has 1 fully saturated rings. The predicted molar refractivity (Wildman–Crippen MR) is 158 cm³/mol. The molecule has 1 unspecified atom stereocenters. The smallest absolute Gasteiger partial charge is 0.471 e. The summed E-state index contributed by atoms with van der Waals surface area (Å²) in [7, 11) is 1.58. The molecule has 0 bridgehead atoms. The van der Waals surface area contributed by atoms with Crippen molar-refractivity contribution in [2.75, 3.05) is 26.7 Å². The van der Waals surface area contributed by atoms with Crippen molar-refractivity contribution in [2.45, 2.75) is 31.2 Å². The summed E-state index contributed by atoms with van der Waals surface area (Å²) in [5.41, 5.74) is 4.17. The van der Waals surface area contributed by atoms with Crippen LogP contribution < -0.4 is 4.74 Å². The van der Waals surface area contributed by atoms with Crippen molar-refractivity contribution in [3.63, 3.8) is 0 Å². The van der Waals surface area contributed by atoms with Gasteiger partial charge in [0.25, 0.3) is 0 Å². The van der Waals surface area contributed by atoms with E-state index in [4.69, 9.17) is 32.7 Å². The van der Waals surface area contributed by atoms with Gasteiger partial charge >= 0.3 is 18.2 Å². The van der Waals surface area contributed by atoms with Crippen LogP contribution in [0.5, 0.6) is 5.75 Å². The van der Waals surface area contributed by atoms with Crippen LogP contribution in [0.1, 0.15) is 41.7 Å². The van der Waals surface area contributed by atoms with E-state index in [9.17, 15) is 22.8 Å². The highest BCUT2D eigenvalue weighted by Crippen LogP contribution is 2.47. The maximum atomic E-state index is 13.9. The van der Waals surface area contributed by atoms with Crippen molar-refractivity contribution in [3.05, 3.63) is 100 Å². The van der Waals surface area contributed by atoms with E-state index in [0.29, 0.717) is 11.3 Å². The van der Waals surface area contributed by atoms with Crippen LogP contribution in [-0.2, 0) is 9.53 Å². The van der Waals surface area contributed by atoms with Crippen molar-refractivity contribution in [1.29, 1.82) is 0 Å². The highest BCUT2D eigenvalue weighted by atomic mass is 35.5. The number of piperidine rings is 1. The van der Waals surface area contributed by atoms with Crippen molar-refractivity contribution >= 4 is 35.2 Å². The third-order valence-electron chi connectivity index (χ3n) is 7.94. The van der Waals surface area contributed by atoms with E-state index in [0.717, 1.165) is 27.2 Å². The summed E-state index contributed by atoms with van der Waals surface area (Å²) in [4.78, 5) is 28.1. The summed E-state index contributed by atoms with van der Waals surface area (Å²) in [6.07, 6.45) is -4.32. The quantitative estimate of drug-likeness (QED) is 0.246. The fourth-order valence-corrected chi connectivity index (χ4v) is 6.28. The van der Waals surface area contributed by atoms with Gasteiger partial charge in [0.15, 0.2) is 6.10 Å². The van der Waals surface area contributed by atoms with E-state index >= 15 is 0 Å². The minimum Gasteiger partial charge on any atom is -0.489 e. The molecule has 3 aromatic carbocycles. The maximum Gasteiger partial charge on any atom is 0.471 e. The van der Waals surface area contributed by atoms with Crippen molar-refractivity contribution < 1.29 is 32.2 Å². The molecule has 1 aliphatic heterocycles. The number of nitrogens with zero attached hydrogens (tertiary/aromatic N) is 2. The molecule has 11 heteroatoms. The number of fused-ring (bicyclic) bond motifs is 3. The predicted octanol–water partition coefficient (Wildman–Crippen LogP) is 8.24. The largest absolute Gasteiger partial charge is 0.489 e. The Bertz CT molecular complexity index is 1490. The number of ether oxygens (including phenoxy) is 2. The Morgan fingerprint density at radius 2 is 1.58 bits per heavy atom. The van der Waals surface area contributed by atoms with E-state index in [1.54, 1.807) is 25.3 Å². The zero-order valence-electron chi connectivity index (χ0n) is 23.2. The van der Waals surface area contributed by atoms with Crippen LogP contribution in [0.2, 0.25) is 10.0 Å². The van der Waals surface area contributed by atoms with Gasteiger partial charge in [-0.1, -0.05) is 84.4 Å². The summed E-state index contributed by atoms with van der Waals surface area (Å²) in [5.74, 6) is -1.89. The van der Waals surface area contributed by atoms with Gasteiger partial charge in [-0.05, 0) is 36.0 Å². The van der Waals surface area contributed by atoms with Gasteiger partial charge in [0.05, 0.1) is 16.1 Å². The molecule has 2 amide bonds. The maximum absolute atomic E-state index is 13.9. The first-order valence-electron chi connectivity index (χ1n) is 13.7. The lowest BCUT2D eigenvalue weighted by Crippen LogP contribution is -2.47. The van der Waals surface area contributed by atoms with Gasteiger partial charge in [0.1, 0.15) is 12.4 Å². The van der Waals surface area contributed by atoms with Gasteiger partial charge in [0.2, 0.25) is 0 Å². The van der Waals surface area contributed by atoms with Crippen LogP contribution in [0.4, 0.5) is 18.0 Å². The molecule has 1 saturated heterocycles. The first-order valence-corrected chi connectivity index (χ1v) is 14.5. The molecule has 3 aromatic rings. The van der Waals surface area contributed by atoms with E-state index < -0.39 is 30.3 Å². The van der Waals surface area contributed by atoms with Crippen molar-refractivity contribution in [2.24, 2.45) is 5.92 Å². The molecule has 0 spiro atoms. The summed E-state index contributed by atoms with van der Waals surface area (Å²) in [5, 5.41) is 0.455. The van der Waals surface area contributed by atoms with Crippen LogP contribution >= 0.6 is 23.2 Å². The number of hydrogen-bond donors (Lipinski definition) is 0. The minimum atomic E-state index is -4.96. The Kier molecular flexibility index (Phi) is 8.94. The van der Waals surface area contributed by atoms with Gasteiger partial charge in [-0.2, -0.15) is 13.2 Å². The van der Waals surface area contributed by atoms with Crippen molar-refractivity contribution in [3.8, 4) is 16.9 Å². The molecule has 0 radical (unpaired) electrons. The first-order chi connectivity index (χ1) is 20.5. The lowest BCUT2D eigenvalue weighted by Gasteiger charge is -2.40. The molecule has 226 valence electrons. The monoisotopic (exact) mass is 632 g/mol. The Morgan fingerprint density at radius 1 is 1.02 bits per heavy atom. The highest BCUT2D eigenvalue weighted by molar-refractivity contribution is 6.42. The zero-order chi connectivity index (χ0) is 30.9. The second-order valence-electron chi connectivity index (χ2n) is 10.5. The Balaban J connectivity index is 1.48. The minimum absolute atomic E-state index is 0.129. The Labute approximate surface area is 257 Å². The normalized spacial score (nSPS) is 15.8. The van der Waals surface area contributed by atoms with E-state index in [-0.39, 0.29) is 48.5 Å². The third-order valence-corrected chi connectivity index (χ3v) is 8.67. The lowest BCUT2D eigenvalue weighted by molar-refractivity contribution is -0.187. The van der Waals surface area contributed by atoms with Gasteiger partial charge in [-0.3, -0.25) is 4.79 Å². The number of carbonyl (C=O) groups is 2. The van der Waals surface area contributed by atoms with Gasteiger partial charge in [-0.25, -0.2) is 4.79 Å². The standard InChI is InChI=1S/C32H29Cl2F3N2O4/c1-3-16-42-27-18-26(34)25(33)17-24(27)28(19-12-14-39(15-13-19)30(40)32(35,36)37)38(2)31(41)43-29-22-10-6-4-8-20(22)21-9-5-7-11-23(21)29/h3-11,17-19,28-29H,1,12-16H2,2H3. The molecule has 1 aliphatic carbocycles. The van der Waals surface area contributed by atoms with Gasteiger partial charge in [0, 0.05) is 42.9 Å². The summed E-state index contributed by atoms with van der Waals surface area (Å²) >= 11 is 12.7. The molecule has 1 atom stereocenters. The van der Waals surface area contributed by atoms with Crippen LogP contribution in [-0.4, -0.2) is 54.7 Å². The molecule has 43 heavy (non-hydrogen) atoms. The SMILES string of the molecule is C=CCOc1cc(Cl)c(Cl)cc1C(C1CCN(C(=O)C(F)(F)F)CC1)N(C)C(=O)OC1c2ccccc2-c2ccccc21. The van der Waals surface area contributed by atoms with Gasteiger partial charge < -0.3 is 19.3 Å². The number of carbonyl (C=O) groups excluding carboxylic acids is 2. The number of halogens is 5. The Morgan fingerprint density at radius 3 is 2.14 bits per heavy atom. The Hall–Kier alpha value is -3.69. The fourth-order valence-electron chi connectivity index (χ4n) is 5.96. The van der Waals surface area contributed by atoms with E-state index in [1.807, 2.05) is 48.5 Å². The lowest BCUT2D eigenvalue weighted by atomic mass is 9.84. The number of alkyl halides is 3. The van der Waals surface area contributed by atoms with Gasteiger partial charge in [-0.15, -0.1) is 0 Å². The second kappa shape index (κ2) is 12.5. The zero-order valence-corrected chi connectivity index (χ0v) is 24.8. The average molecular weight is 633 g/mol. The third kappa shape index (κ3) is 6.19. The van der Waals surface area contributed by atoms with E-state index in [2.05, 4.69) is 6.58 Å². The number of benzene rings is 3. The van der Waals surface area contributed by atoms with E-state index in [1.165, 1.54) is 4.90 Å².